The van der Waals surface area contributed by atoms with Crippen LogP contribution in [-0.2, 0) is 16.1 Å². The van der Waals surface area contributed by atoms with Crippen LogP contribution in [0.3, 0.4) is 0 Å². The summed E-state index contributed by atoms with van der Waals surface area (Å²) in [4.78, 5) is 65.3. The highest BCUT2D eigenvalue weighted by molar-refractivity contribution is 6.23. The summed E-state index contributed by atoms with van der Waals surface area (Å²) in [5.74, 6) is -3.46. The van der Waals surface area contributed by atoms with E-state index in [9.17, 15) is 24.0 Å². The molecule has 9 heteroatoms. The fraction of sp³-hybridized carbons (Fsp3) is 0.143. The lowest BCUT2D eigenvalue weighted by atomic mass is 10.1. The molecule has 0 aromatic heterocycles. The molecule has 6 amide bonds. The monoisotopic (exact) mass is 404 g/mol. The SMILES string of the molecule is Cc1ccc(N=CC2C(=O)NC(=O)NC2=O)cc1CN1C(=O)c2ccccc2C1=O. The Morgan fingerprint density at radius 3 is 2.13 bits per heavy atom. The summed E-state index contributed by atoms with van der Waals surface area (Å²) in [5.41, 5.74) is 2.73. The van der Waals surface area contributed by atoms with Gasteiger partial charge in [-0.3, -0.25) is 39.7 Å². The van der Waals surface area contributed by atoms with Crippen molar-refractivity contribution in [1.82, 2.24) is 15.5 Å². The second-order valence-corrected chi connectivity index (χ2v) is 6.92. The molecule has 0 atom stereocenters. The molecule has 0 aliphatic carbocycles. The molecule has 0 spiro atoms. The van der Waals surface area contributed by atoms with E-state index in [1.165, 1.54) is 4.90 Å². The maximum atomic E-state index is 12.6. The molecule has 1 fully saturated rings. The Balaban J connectivity index is 1.55. The first-order valence-corrected chi connectivity index (χ1v) is 9.10. The van der Waals surface area contributed by atoms with Crippen LogP contribution in [-0.4, -0.2) is 40.8 Å². The summed E-state index contributed by atoms with van der Waals surface area (Å²) in [7, 11) is 0. The number of urea groups is 1. The minimum atomic E-state index is -1.23. The van der Waals surface area contributed by atoms with Crippen LogP contribution in [0.2, 0.25) is 0 Å². The maximum absolute atomic E-state index is 12.6. The lowest BCUT2D eigenvalue weighted by molar-refractivity contribution is -0.132. The van der Waals surface area contributed by atoms with Gasteiger partial charge in [-0.15, -0.1) is 0 Å². The fourth-order valence-electron chi connectivity index (χ4n) is 3.29. The number of nitrogens with one attached hydrogen (secondary N) is 2. The minimum Gasteiger partial charge on any atom is -0.277 e. The number of fused-ring (bicyclic) bond motifs is 1. The summed E-state index contributed by atoms with van der Waals surface area (Å²) < 4.78 is 0. The number of aliphatic imine (C=N–C) groups is 1. The Morgan fingerprint density at radius 2 is 1.53 bits per heavy atom. The predicted molar refractivity (Wildman–Crippen MR) is 105 cm³/mol. The number of carbonyl (C=O) groups excluding carboxylic acids is 5. The van der Waals surface area contributed by atoms with Crippen LogP contribution in [0, 0.1) is 12.8 Å². The minimum absolute atomic E-state index is 0.0699. The molecule has 2 N–H and O–H groups in total. The van der Waals surface area contributed by atoms with Gasteiger partial charge in [-0.05, 0) is 42.3 Å². The Hall–Kier alpha value is -4.14. The molecule has 2 aliphatic heterocycles. The Kier molecular flexibility index (Phi) is 4.71. The van der Waals surface area contributed by atoms with E-state index in [2.05, 4.69) is 4.99 Å². The molecule has 2 heterocycles. The molecular weight excluding hydrogens is 388 g/mol. The Morgan fingerprint density at radius 1 is 0.933 bits per heavy atom. The van der Waals surface area contributed by atoms with E-state index in [-0.39, 0.29) is 18.4 Å². The number of amides is 6. The summed E-state index contributed by atoms with van der Waals surface area (Å²) >= 11 is 0. The van der Waals surface area contributed by atoms with Crippen LogP contribution in [0.25, 0.3) is 0 Å². The average Bonchev–Trinajstić information content (AvgIpc) is 2.94. The van der Waals surface area contributed by atoms with Crippen molar-refractivity contribution < 1.29 is 24.0 Å². The number of imide groups is 3. The number of barbiturate groups is 1. The third kappa shape index (κ3) is 3.37. The molecule has 30 heavy (non-hydrogen) atoms. The first kappa shape index (κ1) is 19.2. The zero-order chi connectivity index (χ0) is 21.4. The second kappa shape index (κ2) is 7.36. The summed E-state index contributed by atoms with van der Waals surface area (Å²) in [6, 6.07) is 10.9. The molecular formula is C21H16N4O5. The van der Waals surface area contributed by atoms with Crippen LogP contribution in [0.5, 0.6) is 0 Å². The van der Waals surface area contributed by atoms with Crippen LogP contribution >= 0.6 is 0 Å². The van der Waals surface area contributed by atoms with E-state index in [0.717, 1.165) is 11.8 Å². The van der Waals surface area contributed by atoms with Gasteiger partial charge in [0, 0.05) is 6.21 Å². The first-order valence-electron chi connectivity index (χ1n) is 9.10. The number of benzene rings is 2. The third-order valence-electron chi connectivity index (χ3n) is 4.95. The van der Waals surface area contributed by atoms with Crippen molar-refractivity contribution in [1.29, 1.82) is 0 Å². The van der Waals surface area contributed by atoms with Crippen LogP contribution in [0.4, 0.5) is 10.5 Å². The van der Waals surface area contributed by atoms with Crippen LogP contribution in [0.15, 0.2) is 47.5 Å². The van der Waals surface area contributed by atoms with E-state index in [4.69, 9.17) is 0 Å². The van der Waals surface area contributed by atoms with Gasteiger partial charge in [0.2, 0.25) is 11.8 Å². The van der Waals surface area contributed by atoms with Crippen molar-refractivity contribution >= 4 is 41.6 Å². The smallest absolute Gasteiger partial charge is 0.277 e. The standard InChI is InChI=1S/C21H16N4O5/c1-11-6-7-13(22-9-16-17(26)23-21(30)24-18(16)27)8-12(11)10-25-19(28)14-4-2-3-5-15(14)20(25)29/h2-9,16H,10H2,1H3,(H2,23,24,26,27,30). The number of nitrogens with zero attached hydrogens (tertiary/aromatic N) is 2. The van der Waals surface area contributed by atoms with E-state index in [1.807, 2.05) is 17.6 Å². The molecule has 1 saturated heterocycles. The topological polar surface area (TPSA) is 125 Å². The number of aryl methyl sites for hydroxylation is 1. The van der Waals surface area contributed by atoms with Crippen molar-refractivity contribution in [3.05, 3.63) is 64.7 Å². The molecule has 150 valence electrons. The molecule has 0 bridgehead atoms. The van der Waals surface area contributed by atoms with Crippen LogP contribution in [0.1, 0.15) is 31.8 Å². The van der Waals surface area contributed by atoms with Gasteiger partial charge in [0.15, 0.2) is 5.92 Å². The van der Waals surface area contributed by atoms with E-state index < -0.39 is 23.8 Å². The van der Waals surface area contributed by atoms with Crippen LogP contribution < -0.4 is 10.6 Å². The first-order chi connectivity index (χ1) is 14.3. The molecule has 2 aromatic rings. The normalized spacial score (nSPS) is 16.8. The second-order valence-electron chi connectivity index (χ2n) is 6.92. The summed E-state index contributed by atoms with van der Waals surface area (Å²) in [6.07, 6.45) is 1.15. The highest BCUT2D eigenvalue weighted by Crippen LogP contribution is 2.26. The molecule has 2 aliphatic rings. The number of carbonyl (C=O) groups is 5. The van der Waals surface area contributed by atoms with Gasteiger partial charge in [-0.25, -0.2) is 4.79 Å². The van der Waals surface area contributed by atoms with Gasteiger partial charge in [0.1, 0.15) is 0 Å². The molecule has 9 nitrogen and oxygen atoms in total. The number of hydrogen-bond acceptors (Lipinski definition) is 6. The zero-order valence-electron chi connectivity index (χ0n) is 15.8. The van der Waals surface area contributed by atoms with Crippen molar-refractivity contribution in [2.45, 2.75) is 13.5 Å². The lowest BCUT2D eigenvalue weighted by Gasteiger charge is -2.17. The highest BCUT2D eigenvalue weighted by Gasteiger charge is 2.35. The van der Waals surface area contributed by atoms with E-state index in [1.54, 1.807) is 42.5 Å². The molecule has 2 aromatic carbocycles. The Bertz CT molecular complexity index is 1100. The van der Waals surface area contributed by atoms with E-state index >= 15 is 0 Å². The Labute approximate surface area is 170 Å². The molecule has 0 radical (unpaired) electrons. The van der Waals surface area contributed by atoms with Gasteiger partial charge in [-0.1, -0.05) is 18.2 Å². The highest BCUT2D eigenvalue weighted by atomic mass is 16.2. The van der Waals surface area contributed by atoms with Gasteiger partial charge >= 0.3 is 6.03 Å². The molecule has 0 saturated carbocycles. The maximum Gasteiger partial charge on any atom is 0.328 e. The third-order valence-corrected chi connectivity index (χ3v) is 4.95. The van der Waals surface area contributed by atoms with Gasteiger partial charge in [0.05, 0.1) is 23.4 Å². The number of rotatable bonds is 4. The molecule has 0 unspecified atom stereocenters. The predicted octanol–water partition coefficient (Wildman–Crippen LogP) is 1.48. The van der Waals surface area contributed by atoms with E-state index in [0.29, 0.717) is 22.4 Å². The van der Waals surface area contributed by atoms with Crippen molar-refractivity contribution in [2.24, 2.45) is 10.9 Å². The fourth-order valence-corrected chi connectivity index (χ4v) is 3.29. The molecule has 4 rings (SSSR count). The van der Waals surface area contributed by atoms with Crippen molar-refractivity contribution in [2.75, 3.05) is 0 Å². The number of hydrogen-bond donors (Lipinski definition) is 2. The van der Waals surface area contributed by atoms with Gasteiger partial charge in [0.25, 0.3) is 11.8 Å². The quantitative estimate of drug-likeness (QED) is 0.454. The average molecular weight is 404 g/mol. The zero-order valence-corrected chi connectivity index (χ0v) is 15.8. The van der Waals surface area contributed by atoms with Gasteiger partial charge < -0.3 is 0 Å². The lowest BCUT2D eigenvalue weighted by Crippen LogP contribution is -2.56. The van der Waals surface area contributed by atoms with Gasteiger partial charge in [-0.2, -0.15) is 0 Å². The van der Waals surface area contributed by atoms with Crippen molar-refractivity contribution in [3.63, 3.8) is 0 Å². The van der Waals surface area contributed by atoms with Crippen molar-refractivity contribution in [3.8, 4) is 0 Å². The summed E-state index contributed by atoms with van der Waals surface area (Å²) in [6.45, 7) is 1.91. The summed E-state index contributed by atoms with van der Waals surface area (Å²) in [5, 5.41) is 4.00. The largest absolute Gasteiger partial charge is 0.328 e.